The third kappa shape index (κ3) is 4.84. The molecule has 0 radical (unpaired) electrons. The smallest absolute Gasteiger partial charge is 0.237 e. The SMILES string of the molecule is CC(SCc1csc(-c2ccccc2)n1)C(=O)Nc1ccccc1Cl. The van der Waals surface area contributed by atoms with Gasteiger partial charge in [-0.1, -0.05) is 54.1 Å². The van der Waals surface area contributed by atoms with E-state index in [2.05, 4.69) is 22.4 Å². The number of amides is 1. The Labute approximate surface area is 160 Å². The van der Waals surface area contributed by atoms with Crippen LogP contribution in [-0.2, 0) is 10.5 Å². The van der Waals surface area contributed by atoms with Gasteiger partial charge in [0, 0.05) is 16.7 Å². The number of thioether (sulfide) groups is 1. The second-order valence-electron chi connectivity index (χ2n) is 5.43. The van der Waals surface area contributed by atoms with Gasteiger partial charge >= 0.3 is 0 Å². The maximum Gasteiger partial charge on any atom is 0.237 e. The standard InChI is InChI=1S/C19H17ClN2OS2/c1-13(18(23)22-17-10-6-5-9-16(17)20)24-11-15-12-25-19(21-15)14-7-3-2-4-8-14/h2-10,12-13H,11H2,1H3,(H,22,23). The van der Waals surface area contributed by atoms with Crippen LogP contribution < -0.4 is 5.32 Å². The summed E-state index contributed by atoms with van der Waals surface area (Å²) in [5.41, 5.74) is 2.75. The van der Waals surface area contributed by atoms with E-state index in [9.17, 15) is 4.79 Å². The molecule has 128 valence electrons. The van der Waals surface area contributed by atoms with Crippen molar-refractivity contribution in [2.24, 2.45) is 0 Å². The summed E-state index contributed by atoms with van der Waals surface area (Å²) in [5.74, 6) is 0.636. The van der Waals surface area contributed by atoms with Gasteiger partial charge in [0.15, 0.2) is 0 Å². The number of para-hydroxylation sites is 1. The molecular weight excluding hydrogens is 372 g/mol. The number of hydrogen-bond acceptors (Lipinski definition) is 4. The lowest BCUT2D eigenvalue weighted by Crippen LogP contribution is -2.22. The van der Waals surface area contributed by atoms with Gasteiger partial charge in [-0.05, 0) is 19.1 Å². The summed E-state index contributed by atoms with van der Waals surface area (Å²) in [6, 6.07) is 17.3. The van der Waals surface area contributed by atoms with Crippen molar-refractivity contribution in [3.05, 3.63) is 70.7 Å². The van der Waals surface area contributed by atoms with E-state index in [1.165, 1.54) is 0 Å². The van der Waals surface area contributed by atoms with Crippen molar-refractivity contribution in [3.8, 4) is 10.6 Å². The number of halogens is 1. The highest BCUT2D eigenvalue weighted by molar-refractivity contribution is 7.99. The number of thiazole rings is 1. The number of hydrogen-bond donors (Lipinski definition) is 1. The van der Waals surface area contributed by atoms with Gasteiger partial charge in [-0.3, -0.25) is 4.79 Å². The monoisotopic (exact) mass is 388 g/mol. The third-order valence-corrected chi connectivity index (χ3v) is 6.00. The van der Waals surface area contributed by atoms with Gasteiger partial charge in [-0.25, -0.2) is 4.98 Å². The van der Waals surface area contributed by atoms with Gasteiger partial charge in [0.2, 0.25) is 5.91 Å². The lowest BCUT2D eigenvalue weighted by Gasteiger charge is -2.12. The minimum Gasteiger partial charge on any atom is -0.324 e. The molecule has 3 rings (SSSR count). The van der Waals surface area contributed by atoms with Crippen LogP contribution in [-0.4, -0.2) is 16.1 Å². The average molecular weight is 389 g/mol. The fraction of sp³-hybridized carbons (Fsp3) is 0.158. The molecule has 1 N–H and O–H groups in total. The molecule has 0 saturated carbocycles. The van der Waals surface area contributed by atoms with Crippen LogP contribution in [0.2, 0.25) is 5.02 Å². The Kier molecular flexibility index (Phi) is 6.13. The Morgan fingerprint density at radius 3 is 2.68 bits per heavy atom. The Bertz CT molecular complexity index is 851. The Morgan fingerprint density at radius 1 is 1.20 bits per heavy atom. The van der Waals surface area contributed by atoms with E-state index in [1.807, 2.05) is 42.6 Å². The van der Waals surface area contributed by atoms with Crippen LogP contribution in [0.4, 0.5) is 5.69 Å². The van der Waals surface area contributed by atoms with Crippen LogP contribution in [0.25, 0.3) is 10.6 Å². The average Bonchev–Trinajstić information content (AvgIpc) is 3.11. The third-order valence-electron chi connectivity index (χ3n) is 3.55. The van der Waals surface area contributed by atoms with Crippen LogP contribution in [0.1, 0.15) is 12.6 Å². The number of benzene rings is 2. The van der Waals surface area contributed by atoms with E-state index in [1.54, 1.807) is 35.2 Å². The lowest BCUT2D eigenvalue weighted by molar-refractivity contribution is -0.115. The van der Waals surface area contributed by atoms with E-state index in [4.69, 9.17) is 11.6 Å². The quantitative estimate of drug-likeness (QED) is 0.586. The van der Waals surface area contributed by atoms with Crippen molar-refractivity contribution in [3.63, 3.8) is 0 Å². The summed E-state index contributed by atoms with van der Waals surface area (Å²) in [5, 5.41) is 6.27. The van der Waals surface area contributed by atoms with Gasteiger partial charge in [0.25, 0.3) is 0 Å². The topological polar surface area (TPSA) is 42.0 Å². The minimum absolute atomic E-state index is 0.0587. The van der Waals surface area contributed by atoms with Crippen LogP contribution in [0.15, 0.2) is 60.0 Å². The summed E-state index contributed by atoms with van der Waals surface area (Å²) in [7, 11) is 0. The van der Waals surface area contributed by atoms with E-state index >= 15 is 0 Å². The summed E-state index contributed by atoms with van der Waals surface area (Å²) in [6.07, 6.45) is 0. The normalized spacial score (nSPS) is 11.9. The fourth-order valence-corrected chi connectivity index (χ4v) is 4.06. The molecule has 3 aromatic rings. The minimum atomic E-state index is -0.196. The van der Waals surface area contributed by atoms with Crippen molar-refractivity contribution in [2.75, 3.05) is 5.32 Å². The predicted octanol–water partition coefficient (Wildman–Crippen LogP) is 5.72. The van der Waals surface area contributed by atoms with Gasteiger partial charge in [0.05, 0.1) is 21.7 Å². The molecule has 0 bridgehead atoms. The van der Waals surface area contributed by atoms with E-state index in [0.717, 1.165) is 16.3 Å². The second-order valence-corrected chi connectivity index (χ2v) is 8.03. The summed E-state index contributed by atoms with van der Waals surface area (Å²) < 4.78 is 0. The lowest BCUT2D eigenvalue weighted by atomic mass is 10.2. The van der Waals surface area contributed by atoms with E-state index < -0.39 is 0 Å². The van der Waals surface area contributed by atoms with E-state index in [0.29, 0.717) is 16.5 Å². The summed E-state index contributed by atoms with van der Waals surface area (Å²) in [4.78, 5) is 17.0. The molecule has 1 unspecified atom stereocenters. The summed E-state index contributed by atoms with van der Waals surface area (Å²) >= 11 is 9.26. The highest BCUT2D eigenvalue weighted by atomic mass is 35.5. The molecule has 0 aliphatic heterocycles. The largest absolute Gasteiger partial charge is 0.324 e. The molecule has 6 heteroatoms. The fourth-order valence-electron chi connectivity index (χ4n) is 2.17. The molecule has 0 spiro atoms. The molecule has 0 aliphatic carbocycles. The number of carbonyl (C=O) groups excluding carboxylic acids is 1. The van der Waals surface area contributed by atoms with Crippen LogP contribution >= 0.6 is 34.7 Å². The van der Waals surface area contributed by atoms with Gasteiger partial charge in [0.1, 0.15) is 5.01 Å². The van der Waals surface area contributed by atoms with Gasteiger partial charge in [-0.2, -0.15) is 0 Å². The van der Waals surface area contributed by atoms with Crippen LogP contribution in [0.5, 0.6) is 0 Å². The molecule has 2 aromatic carbocycles. The number of nitrogens with zero attached hydrogens (tertiary/aromatic N) is 1. The number of carbonyl (C=O) groups is 1. The maximum absolute atomic E-state index is 12.3. The predicted molar refractivity (Wildman–Crippen MR) is 108 cm³/mol. The number of nitrogens with one attached hydrogen (secondary N) is 1. The zero-order chi connectivity index (χ0) is 17.6. The first-order valence-electron chi connectivity index (χ1n) is 7.80. The molecule has 0 saturated heterocycles. The summed E-state index contributed by atoms with van der Waals surface area (Å²) in [6.45, 7) is 1.89. The van der Waals surface area contributed by atoms with Crippen molar-refractivity contribution < 1.29 is 4.79 Å². The first-order valence-corrected chi connectivity index (χ1v) is 10.1. The number of rotatable bonds is 6. The number of aromatic nitrogens is 1. The first kappa shape index (κ1) is 18.0. The zero-order valence-corrected chi connectivity index (χ0v) is 16.0. The molecule has 1 heterocycles. The first-order chi connectivity index (χ1) is 12.1. The van der Waals surface area contributed by atoms with Gasteiger partial charge < -0.3 is 5.32 Å². The van der Waals surface area contributed by atoms with Crippen molar-refractivity contribution >= 4 is 46.3 Å². The molecular formula is C19H17ClN2OS2. The Balaban J connectivity index is 1.55. The van der Waals surface area contributed by atoms with Crippen molar-refractivity contribution in [1.82, 2.24) is 4.98 Å². The molecule has 0 aliphatic rings. The highest BCUT2D eigenvalue weighted by Gasteiger charge is 2.15. The van der Waals surface area contributed by atoms with Gasteiger partial charge in [-0.15, -0.1) is 23.1 Å². The molecule has 1 atom stereocenters. The second kappa shape index (κ2) is 8.52. The van der Waals surface area contributed by atoms with Crippen LogP contribution in [0.3, 0.4) is 0 Å². The van der Waals surface area contributed by atoms with Crippen LogP contribution in [0, 0.1) is 0 Å². The van der Waals surface area contributed by atoms with Crippen molar-refractivity contribution in [1.29, 1.82) is 0 Å². The molecule has 1 amide bonds. The Morgan fingerprint density at radius 2 is 1.92 bits per heavy atom. The molecule has 25 heavy (non-hydrogen) atoms. The molecule has 3 nitrogen and oxygen atoms in total. The van der Waals surface area contributed by atoms with Crippen molar-refractivity contribution in [2.45, 2.75) is 17.9 Å². The Hall–Kier alpha value is -1.82. The molecule has 0 fully saturated rings. The molecule has 1 aromatic heterocycles. The van der Waals surface area contributed by atoms with E-state index in [-0.39, 0.29) is 11.2 Å². The number of anilines is 1. The maximum atomic E-state index is 12.3. The zero-order valence-electron chi connectivity index (χ0n) is 13.6. The highest BCUT2D eigenvalue weighted by Crippen LogP contribution is 2.27.